The fraction of sp³-hybridized carbons (Fsp3) is 0.100. The summed E-state index contributed by atoms with van der Waals surface area (Å²) in [5.41, 5.74) is 7.40. The van der Waals surface area contributed by atoms with E-state index in [1.807, 2.05) is 0 Å². The maximum atomic E-state index is 13.6. The average molecular weight is 420 g/mol. The number of hydrogen-bond acceptors (Lipinski definition) is 4. The van der Waals surface area contributed by atoms with Gasteiger partial charge in [-0.15, -0.1) is 0 Å². The zero-order chi connectivity index (χ0) is 20.3. The summed E-state index contributed by atoms with van der Waals surface area (Å²) in [7, 11) is 0. The van der Waals surface area contributed by atoms with E-state index in [0.29, 0.717) is 27.5 Å². The third-order valence-electron chi connectivity index (χ3n) is 4.05. The average Bonchev–Trinajstić information content (AvgIpc) is 2.69. The molecule has 0 fully saturated rings. The van der Waals surface area contributed by atoms with Gasteiger partial charge in [0, 0.05) is 23.2 Å². The van der Waals surface area contributed by atoms with Gasteiger partial charge >= 0.3 is 0 Å². The molecule has 3 aromatic rings. The van der Waals surface area contributed by atoms with Gasteiger partial charge in [-0.3, -0.25) is 0 Å². The van der Waals surface area contributed by atoms with Crippen molar-refractivity contribution in [3.05, 3.63) is 75.4 Å². The SMILES string of the molecule is N#Cc1cc(-c2cnc(N)c(OCCc3c(Cl)ccc(F)c3Cl)c2)ccc1F. The molecule has 2 aromatic carbocycles. The summed E-state index contributed by atoms with van der Waals surface area (Å²) in [4.78, 5) is 4.07. The van der Waals surface area contributed by atoms with Gasteiger partial charge in [-0.25, -0.2) is 13.8 Å². The van der Waals surface area contributed by atoms with Crippen LogP contribution in [0, 0.1) is 23.0 Å². The number of nitriles is 1. The molecule has 0 aliphatic carbocycles. The summed E-state index contributed by atoms with van der Waals surface area (Å²) < 4.78 is 32.8. The fourth-order valence-corrected chi connectivity index (χ4v) is 3.14. The predicted octanol–water partition coefficient (Wildman–Crippen LogP) is 5.41. The largest absolute Gasteiger partial charge is 0.489 e. The van der Waals surface area contributed by atoms with Crippen molar-refractivity contribution in [3.63, 3.8) is 0 Å². The summed E-state index contributed by atoms with van der Waals surface area (Å²) in [6.45, 7) is 0.130. The maximum Gasteiger partial charge on any atom is 0.166 e. The van der Waals surface area contributed by atoms with E-state index >= 15 is 0 Å². The highest BCUT2D eigenvalue weighted by Crippen LogP contribution is 2.30. The third kappa shape index (κ3) is 4.16. The monoisotopic (exact) mass is 419 g/mol. The van der Waals surface area contributed by atoms with Crippen molar-refractivity contribution in [2.75, 3.05) is 12.3 Å². The minimum atomic E-state index is -0.602. The molecule has 0 unspecified atom stereocenters. The number of anilines is 1. The molecule has 0 bridgehead atoms. The van der Waals surface area contributed by atoms with Gasteiger partial charge in [-0.2, -0.15) is 5.26 Å². The zero-order valence-electron chi connectivity index (χ0n) is 14.3. The molecule has 0 aliphatic heterocycles. The number of hydrogen-bond donors (Lipinski definition) is 1. The molecule has 1 aromatic heterocycles. The number of rotatable bonds is 5. The normalized spacial score (nSPS) is 10.5. The number of nitrogens with zero attached hydrogens (tertiary/aromatic N) is 2. The molecule has 0 saturated carbocycles. The van der Waals surface area contributed by atoms with Gasteiger partial charge in [0.1, 0.15) is 17.7 Å². The number of aromatic nitrogens is 1. The van der Waals surface area contributed by atoms with Crippen LogP contribution in [0.3, 0.4) is 0 Å². The van der Waals surface area contributed by atoms with Crippen molar-refractivity contribution in [3.8, 4) is 22.9 Å². The number of nitrogens with two attached hydrogens (primary N) is 1. The Balaban J connectivity index is 1.80. The lowest BCUT2D eigenvalue weighted by Crippen LogP contribution is -2.06. The molecule has 1 heterocycles. The van der Waals surface area contributed by atoms with E-state index in [4.69, 9.17) is 38.9 Å². The first-order valence-corrected chi connectivity index (χ1v) is 8.87. The highest BCUT2D eigenvalue weighted by atomic mass is 35.5. The van der Waals surface area contributed by atoms with Crippen LogP contribution in [0.1, 0.15) is 11.1 Å². The van der Waals surface area contributed by atoms with Crippen LogP contribution in [-0.2, 0) is 6.42 Å². The molecule has 0 saturated heterocycles. The quantitative estimate of drug-likeness (QED) is 0.561. The van der Waals surface area contributed by atoms with Crippen molar-refractivity contribution in [1.29, 1.82) is 5.26 Å². The summed E-state index contributed by atoms with van der Waals surface area (Å²) in [6, 6.07) is 10.2. The van der Waals surface area contributed by atoms with Crippen molar-refractivity contribution in [2.24, 2.45) is 0 Å². The van der Waals surface area contributed by atoms with Gasteiger partial charge in [0.05, 0.1) is 17.2 Å². The first-order valence-electron chi connectivity index (χ1n) is 8.11. The van der Waals surface area contributed by atoms with Crippen molar-refractivity contribution in [2.45, 2.75) is 6.42 Å². The van der Waals surface area contributed by atoms with E-state index < -0.39 is 11.6 Å². The van der Waals surface area contributed by atoms with E-state index in [-0.39, 0.29) is 29.4 Å². The minimum absolute atomic E-state index is 0.0497. The summed E-state index contributed by atoms with van der Waals surface area (Å²) >= 11 is 12.0. The van der Waals surface area contributed by atoms with Gasteiger partial charge in [0.15, 0.2) is 11.6 Å². The molecule has 0 atom stereocenters. The standard InChI is InChI=1S/C20H13Cl2F2N3O/c21-15-2-4-17(24)19(22)14(15)5-6-28-18-8-13(10-27-20(18)26)11-1-3-16(23)12(7-11)9-25/h1-4,7-8,10H,5-6H2,(H2,26,27). The molecule has 0 aliphatic rings. The van der Waals surface area contributed by atoms with Gasteiger partial charge < -0.3 is 10.5 Å². The third-order valence-corrected chi connectivity index (χ3v) is 4.81. The highest BCUT2D eigenvalue weighted by Gasteiger charge is 2.12. The molecule has 28 heavy (non-hydrogen) atoms. The second-order valence-electron chi connectivity index (χ2n) is 5.83. The number of halogens is 4. The molecule has 0 amide bonds. The summed E-state index contributed by atoms with van der Waals surface area (Å²) in [6.07, 6.45) is 1.76. The maximum absolute atomic E-state index is 13.6. The Hall–Kier alpha value is -2.88. The van der Waals surface area contributed by atoms with E-state index in [9.17, 15) is 8.78 Å². The van der Waals surface area contributed by atoms with E-state index in [2.05, 4.69) is 4.98 Å². The second-order valence-corrected chi connectivity index (χ2v) is 6.62. The molecular weight excluding hydrogens is 407 g/mol. The van der Waals surface area contributed by atoms with Gasteiger partial charge in [-0.05, 0) is 41.5 Å². The van der Waals surface area contributed by atoms with Crippen LogP contribution in [0.2, 0.25) is 10.0 Å². The number of ether oxygens (including phenoxy) is 1. The molecular formula is C20H13Cl2F2N3O. The molecule has 0 radical (unpaired) electrons. The Bertz CT molecular complexity index is 1080. The number of pyridine rings is 1. The molecule has 142 valence electrons. The Labute approximate surface area is 170 Å². The van der Waals surface area contributed by atoms with Crippen LogP contribution < -0.4 is 10.5 Å². The van der Waals surface area contributed by atoms with Crippen LogP contribution in [0.25, 0.3) is 11.1 Å². The summed E-state index contributed by atoms with van der Waals surface area (Å²) in [5, 5.41) is 9.27. The second kappa shape index (κ2) is 8.42. The van der Waals surface area contributed by atoms with Crippen LogP contribution in [-0.4, -0.2) is 11.6 Å². The van der Waals surface area contributed by atoms with Crippen LogP contribution >= 0.6 is 23.2 Å². The van der Waals surface area contributed by atoms with Crippen molar-refractivity contribution < 1.29 is 13.5 Å². The Morgan fingerprint density at radius 1 is 1.07 bits per heavy atom. The number of benzene rings is 2. The topological polar surface area (TPSA) is 71.9 Å². The van der Waals surface area contributed by atoms with Crippen LogP contribution in [0.15, 0.2) is 42.6 Å². The highest BCUT2D eigenvalue weighted by molar-refractivity contribution is 6.36. The first kappa shape index (κ1) is 19.9. The molecule has 0 spiro atoms. The predicted molar refractivity (Wildman–Crippen MR) is 104 cm³/mol. The lowest BCUT2D eigenvalue weighted by atomic mass is 10.0. The molecule has 2 N–H and O–H groups in total. The molecule has 8 heteroatoms. The summed E-state index contributed by atoms with van der Waals surface area (Å²) in [5.74, 6) is -0.712. The Morgan fingerprint density at radius 3 is 2.57 bits per heavy atom. The number of nitrogen functional groups attached to an aromatic ring is 1. The lowest BCUT2D eigenvalue weighted by Gasteiger charge is -2.12. The van der Waals surface area contributed by atoms with Gasteiger partial charge in [-0.1, -0.05) is 29.3 Å². The van der Waals surface area contributed by atoms with E-state index in [1.165, 1.54) is 36.5 Å². The molecule has 4 nitrogen and oxygen atoms in total. The van der Waals surface area contributed by atoms with E-state index in [1.54, 1.807) is 12.1 Å². The van der Waals surface area contributed by atoms with Crippen LogP contribution in [0.4, 0.5) is 14.6 Å². The van der Waals surface area contributed by atoms with Crippen molar-refractivity contribution in [1.82, 2.24) is 4.98 Å². The van der Waals surface area contributed by atoms with Crippen molar-refractivity contribution >= 4 is 29.0 Å². The Morgan fingerprint density at radius 2 is 1.82 bits per heavy atom. The first-order chi connectivity index (χ1) is 13.4. The van der Waals surface area contributed by atoms with Gasteiger partial charge in [0.2, 0.25) is 0 Å². The van der Waals surface area contributed by atoms with Crippen LogP contribution in [0.5, 0.6) is 5.75 Å². The Kier molecular flexibility index (Phi) is 5.98. The molecule has 3 rings (SSSR count). The van der Waals surface area contributed by atoms with Gasteiger partial charge in [0.25, 0.3) is 0 Å². The lowest BCUT2D eigenvalue weighted by molar-refractivity contribution is 0.322. The fourth-order valence-electron chi connectivity index (χ4n) is 2.58. The smallest absolute Gasteiger partial charge is 0.166 e. The minimum Gasteiger partial charge on any atom is -0.489 e. The zero-order valence-corrected chi connectivity index (χ0v) is 15.9. The van der Waals surface area contributed by atoms with E-state index in [0.717, 1.165) is 0 Å².